The predicted octanol–water partition coefficient (Wildman–Crippen LogP) is 3.11. The van der Waals surface area contributed by atoms with Crippen LogP contribution >= 0.6 is 0 Å². The van der Waals surface area contributed by atoms with Crippen LogP contribution < -0.4 is 14.8 Å². The Balaban J connectivity index is 1.55. The number of fused-ring (bicyclic) bond motifs is 1. The highest BCUT2D eigenvalue weighted by Crippen LogP contribution is 2.44. The summed E-state index contributed by atoms with van der Waals surface area (Å²) in [5.74, 6) is 2.09. The van der Waals surface area contributed by atoms with Gasteiger partial charge in [0.1, 0.15) is 12.4 Å². The third kappa shape index (κ3) is 2.92. The van der Waals surface area contributed by atoms with Gasteiger partial charge in [-0.3, -0.25) is 9.78 Å². The van der Waals surface area contributed by atoms with Crippen LogP contribution in [0.3, 0.4) is 0 Å². The van der Waals surface area contributed by atoms with Crippen LogP contribution in [-0.2, 0) is 4.79 Å². The van der Waals surface area contributed by atoms with E-state index in [9.17, 15) is 4.79 Å². The summed E-state index contributed by atoms with van der Waals surface area (Å²) in [6.07, 6.45) is 6.11. The normalized spacial score (nSPS) is 20.3. The molecule has 1 aromatic carbocycles. The molecule has 0 saturated heterocycles. The molecule has 0 amide bonds. The highest BCUT2D eigenvalue weighted by Gasteiger charge is 2.39. The molecular weight excluding hydrogens is 382 g/mol. The molecule has 1 aliphatic carbocycles. The number of ether oxygens (including phenoxy) is 2. The van der Waals surface area contributed by atoms with Gasteiger partial charge < -0.3 is 14.8 Å². The molecule has 8 nitrogen and oxygen atoms in total. The molecule has 30 heavy (non-hydrogen) atoms. The molecule has 3 heterocycles. The van der Waals surface area contributed by atoms with Gasteiger partial charge in [0.05, 0.1) is 14.2 Å². The summed E-state index contributed by atoms with van der Waals surface area (Å²) >= 11 is 0. The van der Waals surface area contributed by atoms with E-state index in [1.807, 2.05) is 30.3 Å². The molecule has 0 saturated carbocycles. The van der Waals surface area contributed by atoms with Gasteiger partial charge in [-0.05, 0) is 41.7 Å². The first-order chi connectivity index (χ1) is 14.7. The van der Waals surface area contributed by atoms with Gasteiger partial charge >= 0.3 is 0 Å². The predicted molar refractivity (Wildman–Crippen MR) is 110 cm³/mol. The number of allylic oxidation sites excluding steroid dienone is 2. The Bertz CT molecular complexity index is 1140. The maximum absolute atomic E-state index is 13.4. The number of aromatic nitrogens is 4. The minimum atomic E-state index is -0.327. The van der Waals surface area contributed by atoms with Gasteiger partial charge in [-0.25, -0.2) is 4.68 Å². The van der Waals surface area contributed by atoms with Crippen molar-refractivity contribution in [2.75, 3.05) is 19.5 Å². The topological polar surface area (TPSA) is 91.2 Å². The van der Waals surface area contributed by atoms with Crippen LogP contribution in [-0.4, -0.2) is 39.8 Å². The Kier molecular flexibility index (Phi) is 4.46. The Hall–Kier alpha value is -3.68. The molecule has 8 heteroatoms. The Labute approximate surface area is 173 Å². The Morgan fingerprint density at radius 2 is 1.97 bits per heavy atom. The molecule has 152 valence electrons. The number of hydrogen-bond acceptors (Lipinski definition) is 7. The smallest absolute Gasteiger partial charge is 0.226 e. The first kappa shape index (κ1) is 18.4. The number of Topliss-reactive ketones (excluding diaryl/α,β-unsaturated/α-hetero) is 1. The van der Waals surface area contributed by atoms with E-state index in [0.717, 1.165) is 22.4 Å². The second-order valence-electron chi connectivity index (χ2n) is 7.38. The summed E-state index contributed by atoms with van der Waals surface area (Å²) in [4.78, 5) is 21.9. The molecule has 0 radical (unpaired) electrons. The first-order valence-corrected chi connectivity index (χ1v) is 9.74. The first-order valence-electron chi connectivity index (χ1n) is 9.74. The van der Waals surface area contributed by atoms with Crippen LogP contribution in [0.25, 0.3) is 0 Å². The fourth-order valence-electron chi connectivity index (χ4n) is 4.34. The summed E-state index contributed by atoms with van der Waals surface area (Å²) in [6.45, 7) is 0. The molecule has 2 atom stereocenters. The van der Waals surface area contributed by atoms with Crippen molar-refractivity contribution in [2.24, 2.45) is 0 Å². The van der Waals surface area contributed by atoms with E-state index >= 15 is 0 Å². The van der Waals surface area contributed by atoms with E-state index in [1.54, 1.807) is 31.3 Å². The number of methoxy groups -OCH3 is 2. The average molecular weight is 403 g/mol. The summed E-state index contributed by atoms with van der Waals surface area (Å²) in [5.41, 5.74) is 3.58. The minimum Gasteiger partial charge on any atom is -0.493 e. The lowest BCUT2D eigenvalue weighted by Crippen LogP contribution is -2.33. The van der Waals surface area contributed by atoms with Gasteiger partial charge in [0.15, 0.2) is 17.3 Å². The van der Waals surface area contributed by atoms with Crippen molar-refractivity contribution >= 4 is 11.7 Å². The molecule has 3 aromatic rings. The monoisotopic (exact) mass is 403 g/mol. The maximum Gasteiger partial charge on any atom is 0.226 e. The van der Waals surface area contributed by atoms with Crippen LogP contribution in [0.15, 0.2) is 60.3 Å². The lowest BCUT2D eigenvalue weighted by molar-refractivity contribution is -0.116. The van der Waals surface area contributed by atoms with Gasteiger partial charge in [0, 0.05) is 30.1 Å². The number of hydrogen-bond donors (Lipinski definition) is 1. The summed E-state index contributed by atoms with van der Waals surface area (Å²) in [7, 11) is 3.22. The highest BCUT2D eigenvalue weighted by molar-refractivity contribution is 6.00. The molecule has 5 rings (SSSR count). The number of carbonyl (C=O) groups excluding carboxylic acids is 1. The number of nitrogens with one attached hydrogen (secondary N) is 1. The van der Waals surface area contributed by atoms with Gasteiger partial charge in [0.2, 0.25) is 5.95 Å². The van der Waals surface area contributed by atoms with E-state index in [1.165, 1.54) is 6.33 Å². The number of nitrogens with zero attached hydrogens (tertiary/aromatic N) is 4. The molecular formula is C22H21N5O3. The van der Waals surface area contributed by atoms with E-state index in [2.05, 4.69) is 20.4 Å². The van der Waals surface area contributed by atoms with Gasteiger partial charge in [0.25, 0.3) is 0 Å². The number of ketones is 1. The number of anilines is 1. The van der Waals surface area contributed by atoms with E-state index in [-0.39, 0.29) is 17.7 Å². The van der Waals surface area contributed by atoms with E-state index in [4.69, 9.17) is 9.47 Å². The molecule has 2 aromatic heterocycles. The quantitative estimate of drug-likeness (QED) is 0.716. The van der Waals surface area contributed by atoms with Crippen LogP contribution in [0.2, 0.25) is 0 Å². The highest BCUT2D eigenvalue weighted by atomic mass is 16.5. The lowest BCUT2D eigenvalue weighted by Gasteiger charge is -2.35. The fourth-order valence-corrected chi connectivity index (χ4v) is 4.34. The number of carbonyl (C=O) groups is 1. The van der Waals surface area contributed by atoms with Gasteiger partial charge in [-0.1, -0.05) is 12.1 Å². The van der Waals surface area contributed by atoms with Crippen LogP contribution in [0.5, 0.6) is 11.5 Å². The van der Waals surface area contributed by atoms with Crippen LogP contribution in [0.4, 0.5) is 5.95 Å². The summed E-state index contributed by atoms with van der Waals surface area (Å²) in [6, 6.07) is 9.33. The largest absolute Gasteiger partial charge is 0.493 e. The maximum atomic E-state index is 13.4. The molecule has 0 bridgehead atoms. The SMILES string of the molecule is COc1ccc([C@H]2CC(=O)C3=C(C2)Nc2ncnn2[C@@H]3c2cccnc2)cc1OC. The molecule has 0 fully saturated rings. The molecule has 1 N–H and O–H groups in total. The summed E-state index contributed by atoms with van der Waals surface area (Å²) in [5, 5.41) is 7.69. The van der Waals surface area contributed by atoms with E-state index in [0.29, 0.717) is 30.3 Å². The van der Waals surface area contributed by atoms with E-state index < -0.39 is 0 Å². The van der Waals surface area contributed by atoms with Crippen molar-refractivity contribution in [2.45, 2.75) is 24.8 Å². The van der Waals surface area contributed by atoms with Crippen LogP contribution in [0, 0.1) is 0 Å². The lowest BCUT2D eigenvalue weighted by atomic mass is 9.78. The van der Waals surface area contributed by atoms with Crippen molar-refractivity contribution in [1.29, 1.82) is 0 Å². The second kappa shape index (κ2) is 7.29. The van der Waals surface area contributed by atoms with Crippen LogP contribution in [0.1, 0.15) is 35.9 Å². The Morgan fingerprint density at radius 3 is 2.73 bits per heavy atom. The number of rotatable bonds is 4. The fraction of sp³-hybridized carbons (Fsp3) is 0.273. The van der Waals surface area contributed by atoms with Gasteiger partial charge in [-0.2, -0.15) is 10.1 Å². The number of benzene rings is 1. The molecule has 1 aliphatic heterocycles. The second-order valence-corrected chi connectivity index (χ2v) is 7.38. The van der Waals surface area contributed by atoms with Crippen molar-refractivity contribution in [1.82, 2.24) is 19.7 Å². The zero-order chi connectivity index (χ0) is 20.7. The minimum absolute atomic E-state index is 0.0348. The third-order valence-corrected chi connectivity index (χ3v) is 5.74. The summed E-state index contributed by atoms with van der Waals surface area (Å²) < 4.78 is 12.5. The van der Waals surface area contributed by atoms with Crippen molar-refractivity contribution in [3.05, 3.63) is 71.4 Å². The standard InChI is InChI=1S/C22H21N5O3/c1-29-18-6-5-13(10-19(18)30-2)15-8-16-20(17(28)9-15)21(14-4-3-7-23-11-14)27-22(26-16)24-12-25-27/h3-7,10-12,15,21H,8-9H2,1-2H3,(H,24,25,26)/t15-,21-/m1/s1. The number of pyridine rings is 1. The van der Waals surface area contributed by atoms with Crippen molar-refractivity contribution in [3.8, 4) is 11.5 Å². The molecule has 2 aliphatic rings. The zero-order valence-electron chi connectivity index (χ0n) is 16.7. The zero-order valence-corrected chi connectivity index (χ0v) is 16.7. The van der Waals surface area contributed by atoms with Gasteiger partial charge in [-0.15, -0.1) is 0 Å². The molecule has 0 spiro atoms. The molecule has 0 unspecified atom stereocenters. The third-order valence-electron chi connectivity index (χ3n) is 5.74. The average Bonchev–Trinajstić information content (AvgIpc) is 3.25. The van der Waals surface area contributed by atoms with Crippen molar-refractivity contribution < 1.29 is 14.3 Å². The Morgan fingerprint density at radius 1 is 1.10 bits per heavy atom. The van der Waals surface area contributed by atoms with Crippen molar-refractivity contribution in [3.63, 3.8) is 0 Å².